The van der Waals surface area contributed by atoms with Gasteiger partial charge in [-0.15, -0.1) is 23.8 Å². The maximum absolute atomic E-state index is 4.72. The Kier molecular flexibility index (Phi) is 13.4. The van der Waals surface area contributed by atoms with Crippen LogP contribution in [-0.4, -0.2) is 28.0 Å². The Labute approximate surface area is 304 Å². The molecule has 0 aliphatic rings. The molecule has 48 heavy (non-hydrogen) atoms. The fourth-order valence-corrected chi connectivity index (χ4v) is 7.13. The van der Waals surface area contributed by atoms with E-state index in [-0.39, 0.29) is 30.9 Å². The van der Waals surface area contributed by atoms with Gasteiger partial charge in [-0.05, 0) is 81.1 Å². The smallest absolute Gasteiger partial charge is 0.0798 e. The third-order valence-corrected chi connectivity index (χ3v) is 9.82. The molecular weight excluding hydrogens is 781 g/mol. The summed E-state index contributed by atoms with van der Waals surface area (Å²) in [7, 11) is -1.39. The normalized spacial score (nSPS) is 11.8. The first-order chi connectivity index (χ1) is 22.0. The predicted molar refractivity (Wildman–Crippen MR) is 201 cm³/mol. The molecule has 255 valence electrons. The van der Waals surface area contributed by atoms with Crippen LogP contribution in [0, 0.1) is 23.1 Å². The summed E-state index contributed by atoms with van der Waals surface area (Å²) in [5.41, 5.74) is 10.3. The zero-order valence-corrected chi connectivity index (χ0v) is 34.1. The predicted octanol–water partition coefficient (Wildman–Crippen LogP) is 10.4. The van der Waals surface area contributed by atoms with Crippen LogP contribution in [0.3, 0.4) is 0 Å². The first kappa shape index (κ1) is 39.1. The van der Waals surface area contributed by atoms with Crippen LogP contribution in [0.2, 0.25) is 19.6 Å². The van der Waals surface area contributed by atoms with E-state index in [0.717, 1.165) is 41.2 Å². The Morgan fingerprint density at radius 2 is 1.35 bits per heavy atom. The van der Waals surface area contributed by atoms with Crippen molar-refractivity contribution >= 4 is 13.3 Å². The van der Waals surface area contributed by atoms with Crippen molar-refractivity contribution in [2.45, 2.75) is 93.8 Å². The minimum absolute atomic E-state index is 0. The van der Waals surface area contributed by atoms with Gasteiger partial charge in [-0.1, -0.05) is 123 Å². The van der Waals surface area contributed by atoms with Gasteiger partial charge in [0.15, 0.2) is 0 Å². The number of benzene rings is 1. The van der Waals surface area contributed by atoms with E-state index in [1.165, 1.54) is 27.4 Å². The molecule has 0 N–H and O–H groups in total. The molecule has 4 nitrogen and oxygen atoms in total. The molecule has 0 unspecified atom stereocenters. The van der Waals surface area contributed by atoms with Crippen LogP contribution >= 0.6 is 0 Å². The molecule has 6 heteroatoms. The maximum Gasteiger partial charge on any atom is 0.0798 e. The summed E-state index contributed by atoms with van der Waals surface area (Å²) >= 11 is 0. The van der Waals surface area contributed by atoms with E-state index in [2.05, 4.69) is 157 Å². The third kappa shape index (κ3) is 11.4. The van der Waals surface area contributed by atoms with Gasteiger partial charge in [-0.25, -0.2) is 0 Å². The summed E-state index contributed by atoms with van der Waals surface area (Å²) < 4.78 is 0. The van der Waals surface area contributed by atoms with Crippen LogP contribution in [0.4, 0.5) is 0 Å². The second-order valence-corrected chi connectivity index (χ2v) is 21.3. The van der Waals surface area contributed by atoms with Crippen LogP contribution in [-0.2, 0) is 32.9 Å². The van der Waals surface area contributed by atoms with Gasteiger partial charge in [-0.2, -0.15) is 12.1 Å². The van der Waals surface area contributed by atoms with Crippen molar-refractivity contribution in [3.63, 3.8) is 0 Å². The molecule has 1 radical (unpaired) electrons. The summed E-state index contributed by atoms with van der Waals surface area (Å²) in [6.45, 7) is 25.1. The molecule has 0 aliphatic carbocycles. The molecule has 0 spiro atoms. The molecule has 4 heterocycles. The average Bonchev–Trinajstić information content (AvgIpc) is 3.00. The molecule has 0 bridgehead atoms. The molecule has 0 aliphatic heterocycles. The van der Waals surface area contributed by atoms with E-state index in [0.29, 0.717) is 5.92 Å². The second-order valence-electron chi connectivity index (χ2n) is 16.2. The minimum atomic E-state index is -1.39. The topological polar surface area (TPSA) is 51.6 Å². The van der Waals surface area contributed by atoms with Crippen LogP contribution in [0.25, 0.3) is 33.8 Å². The van der Waals surface area contributed by atoms with Gasteiger partial charge in [0, 0.05) is 38.1 Å². The van der Waals surface area contributed by atoms with E-state index in [1.807, 2.05) is 24.4 Å². The molecule has 0 atom stereocenters. The first-order valence-electron chi connectivity index (χ1n) is 16.8. The van der Waals surface area contributed by atoms with Gasteiger partial charge in [0.2, 0.25) is 0 Å². The third-order valence-electron chi connectivity index (χ3n) is 7.76. The Hall–Kier alpha value is -3.31. The number of pyridine rings is 4. The summed E-state index contributed by atoms with van der Waals surface area (Å²) in [5, 5.41) is 1.46. The van der Waals surface area contributed by atoms with Crippen LogP contribution in [0.1, 0.15) is 78.1 Å². The van der Waals surface area contributed by atoms with E-state index in [4.69, 9.17) is 4.98 Å². The van der Waals surface area contributed by atoms with E-state index in [1.54, 1.807) is 6.20 Å². The number of hydrogen-bond acceptors (Lipinski definition) is 4. The Morgan fingerprint density at radius 3 is 1.90 bits per heavy atom. The van der Waals surface area contributed by atoms with E-state index in [9.17, 15) is 0 Å². The van der Waals surface area contributed by atoms with Crippen molar-refractivity contribution in [3.8, 4) is 33.8 Å². The second kappa shape index (κ2) is 16.4. The first-order valence-corrected chi connectivity index (χ1v) is 20.3. The molecule has 5 rings (SSSR count). The van der Waals surface area contributed by atoms with Crippen molar-refractivity contribution in [1.29, 1.82) is 0 Å². The quantitative estimate of drug-likeness (QED) is 0.121. The van der Waals surface area contributed by atoms with E-state index < -0.39 is 8.07 Å². The van der Waals surface area contributed by atoms with Gasteiger partial charge in [0.05, 0.1) is 8.07 Å². The molecule has 0 amide bonds. The van der Waals surface area contributed by atoms with Crippen LogP contribution in [0.15, 0.2) is 85.3 Å². The maximum atomic E-state index is 4.72. The average molecular weight is 833 g/mol. The molecule has 0 saturated heterocycles. The summed E-state index contributed by atoms with van der Waals surface area (Å²) in [4.78, 5) is 18.2. The minimum Gasteiger partial charge on any atom is -0.356 e. The van der Waals surface area contributed by atoms with Crippen molar-refractivity contribution in [2.24, 2.45) is 10.8 Å². The largest absolute Gasteiger partial charge is 0.356 e. The zero-order valence-electron chi connectivity index (χ0n) is 30.7. The van der Waals surface area contributed by atoms with E-state index >= 15 is 0 Å². The fourth-order valence-electron chi connectivity index (χ4n) is 5.56. The SMILES string of the molecule is CC(C)(C)Cc1cc(-c2[c-]cccn2)ncc1[Si](C)(C)C.CC(C)c1ccc(-c2cc(CC(C)(C)C)c(-c3ccccc3)cn2)[c-]n1.[Ir]. The molecule has 5 aromatic rings. The molecule has 0 fully saturated rings. The van der Waals surface area contributed by atoms with Gasteiger partial charge in [0.1, 0.15) is 0 Å². The Balaban J connectivity index is 0.000000261. The van der Waals surface area contributed by atoms with Crippen molar-refractivity contribution in [2.75, 3.05) is 0 Å². The van der Waals surface area contributed by atoms with Gasteiger partial charge >= 0.3 is 0 Å². The standard InChI is InChI=1S/C24H27N2.C18H25N2Si.Ir/c1-17(2)22-12-11-19(15-25-22)23-13-20(14-24(3,4)5)21(16-26-23)18-9-7-6-8-10-18;1-18(2,3)12-14-11-16(15-9-7-8-10-19-15)20-13-17(14)21(4,5)6;/h6-13,16-17H,14H2,1-5H3;7-8,10-11,13H,12H2,1-6H3;/q2*-1;. The Bertz CT molecular complexity index is 1730. The molecular formula is C42H52IrN4Si-2. The number of aromatic nitrogens is 4. The Morgan fingerprint density at radius 1 is 0.729 bits per heavy atom. The summed E-state index contributed by atoms with van der Waals surface area (Å²) in [6.07, 6.45) is 11.1. The number of nitrogens with zero attached hydrogens (tertiary/aromatic N) is 4. The monoisotopic (exact) mass is 833 g/mol. The molecule has 4 aromatic heterocycles. The summed E-state index contributed by atoms with van der Waals surface area (Å²) in [5.74, 6) is 0.408. The zero-order chi connectivity index (χ0) is 34.4. The van der Waals surface area contributed by atoms with Crippen molar-refractivity contribution in [1.82, 2.24) is 19.9 Å². The van der Waals surface area contributed by atoms with Crippen molar-refractivity contribution in [3.05, 3.63) is 114 Å². The number of rotatable bonds is 7. The van der Waals surface area contributed by atoms with Crippen LogP contribution in [0.5, 0.6) is 0 Å². The van der Waals surface area contributed by atoms with Crippen LogP contribution < -0.4 is 5.19 Å². The van der Waals surface area contributed by atoms with Gasteiger partial charge in [0.25, 0.3) is 0 Å². The molecule has 0 saturated carbocycles. The summed E-state index contributed by atoms with van der Waals surface area (Å²) in [6, 6.07) is 26.0. The number of hydrogen-bond donors (Lipinski definition) is 0. The molecule has 1 aromatic carbocycles. The van der Waals surface area contributed by atoms with Crippen molar-refractivity contribution < 1.29 is 20.1 Å². The van der Waals surface area contributed by atoms with Gasteiger partial charge in [-0.3, -0.25) is 4.98 Å². The van der Waals surface area contributed by atoms with Gasteiger partial charge < -0.3 is 15.0 Å². The fraction of sp³-hybridized carbons (Fsp3) is 0.381.